The first-order valence-corrected chi connectivity index (χ1v) is 11.9. The number of pyridine rings is 1. The largest absolute Gasteiger partial charge is 0.416 e. The van der Waals surface area contributed by atoms with Gasteiger partial charge >= 0.3 is 6.18 Å². The number of amides is 2. The lowest BCUT2D eigenvalue weighted by Crippen LogP contribution is -2.47. The first-order chi connectivity index (χ1) is 17.0. The maximum absolute atomic E-state index is 14.7. The maximum atomic E-state index is 14.7. The minimum Gasteiger partial charge on any atom is -0.383 e. The number of hydrogen-bond acceptors (Lipinski definition) is 4. The summed E-state index contributed by atoms with van der Waals surface area (Å²) in [6.45, 7) is 6.56. The van der Waals surface area contributed by atoms with Crippen molar-refractivity contribution in [1.29, 1.82) is 0 Å². The highest BCUT2D eigenvalue weighted by molar-refractivity contribution is 6.02. The lowest BCUT2D eigenvalue weighted by molar-refractivity contribution is -0.137. The number of carbonyl (C=O) groups excluding carboxylic acids is 2. The second kappa shape index (κ2) is 9.91. The maximum Gasteiger partial charge on any atom is 0.416 e. The van der Waals surface area contributed by atoms with E-state index in [0.29, 0.717) is 54.5 Å². The molecule has 0 unspecified atom stereocenters. The number of benzene rings is 1. The van der Waals surface area contributed by atoms with Crippen molar-refractivity contribution in [2.24, 2.45) is 5.92 Å². The van der Waals surface area contributed by atoms with Crippen molar-refractivity contribution in [3.05, 3.63) is 70.3 Å². The van der Waals surface area contributed by atoms with Crippen LogP contribution in [0.2, 0.25) is 0 Å². The average Bonchev–Trinajstić information content (AvgIpc) is 3.58. The van der Waals surface area contributed by atoms with E-state index in [9.17, 15) is 27.2 Å². The SMILES string of the molecule is CCNc1cnc(C)cc1C(=O)N1C[C@H](C)C[C@@H]1C(=O)N[C@H](C1=CC1)c1ccc(C(F)(F)F)cc1F. The molecule has 10 heteroatoms. The number of halogens is 4. The molecule has 192 valence electrons. The summed E-state index contributed by atoms with van der Waals surface area (Å²) < 4.78 is 53.7. The quantitative estimate of drug-likeness (QED) is 0.410. The van der Waals surface area contributed by atoms with Crippen LogP contribution in [0.4, 0.5) is 23.2 Å². The number of nitrogens with zero attached hydrogens (tertiary/aromatic N) is 2. The monoisotopic (exact) mass is 504 g/mol. The van der Waals surface area contributed by atoms with Crippen LogP contribution >= 0.6 is 0 Å². The molecule has 1 saturated heterocycles. The summed E-state index contributed by atoms with van der Waals surface area (Å²) in [5.74, 6) is -1.78. The van der Waals surface area contributed by atoms with Crippen LogP contribution < -0.4 is 10.6 Å². The molecule has 0 spiro atoms. The Morgan fingerprint density at radius 1 is 1.25 bits per heavy atom. The third kappa shape index (κ3) is 5.37. The fourth-order valence-corrected chi connectivity index (χ4v) is 4.58. The van der Waals surface area contributed by atoms with E-state index in [-0.39, 0.29) is 17.4 Å². The van der Waals surface area contributed by atoms with Gasteiger partial charge in [-0.25, -0.2) is 4.39 Å². The van der Waals surface area contributed by atoms with E-state index in [0.717, 1.165) is 12.1 Å². The lowest BCUT2D eigenvalue weighted by Gasteiger charge is -2.27. The number of likely N-dealkylation sites (tertiary alicyclic amines) is 1. The lowest BCUT2D eigenvalue weighted by atomic mass is 10.00. The molecule has 4 rings (SSSR count). The fourth-order valence-electron chi connectivity index (χ4n) is 4.58. The normalized spacial score (nSPS) is 20.1. The fraction of sp³-hybridized carbons (Fsp3) is 0.423. The van der Waals surface area contributed by atoms with E-state index < -0.39 is 35.5 Å². The Kier molecular flexibility index (Phi) is 7.06. The van der Waals surface area contributed by atoms with Gasteiger partial charge in [0.1, 0.15) is 11.9 Å². The van der Waals surface area contributed by atoms with Crippen molar-refractivity contribution in [2.75, 3.05) is 18.4 Å². The van der Waals surface area contributed by atoms with E-state index >= 15 is 0 Å². The number of anilines is 1. The standard InChI is InChI=1S/C26H28F4N4O2/c1-4-31-21-12-32-15(3)10-19(21)25(36)34-13-14(2)9-22(34)24(35)33-23(16-5-6-16)18-8-7-17(11-20(18)27)26(28,29)30/h5,7-8,10-12,14,22-23,31H,4,6,9,13H2,1-3H3,(H,33,35)/t14-,22-,23-/m1/s1. The molecule has 1 aromatic carbocycles. The molecular weight excluding hydrogens is 476 g/mol. The highest BCUT2D eigenvalue weighted by Crippen LogP contribution is 2.38. The molecule has 2 heterocycles. The molecule has 0 radical (unpaired) electrons. The van der Waals surface area contributed by atoms with Crippen molar-refractivity contribution < 1.29 is 27.2 Å². The number of allylic oxidation sites excluding steroid dienone is 1. The summed E-state index contributed by atoms with van der Waals surface area (Å²) in [6.07, 6.45) is -0.361. The van der Waals surface area contributed by atoms with Crippen molar-refractivity contribution >= 4 is 17.5 Å². The molecule has 1 fully saturated rings. The van der Waals surface area contributed by atoms with Crippen LogP contribution in [0.3, 0.4) is 0 Å². The van der Waals surface area contributed by atoms with Crippen molar-refractivity contribution in [2.45, 2.75) is 51.9 Å². The highest BCUT2D eigenvalue weighted by atomic mass is 19.4. The number of hydrogen-bond donors (Lipinski definition) is 2. The van der Waals surface area contributed by atoms with Gasteiger partial charge in [-0.05, 0) is 56.4 Å². The van der Waals surface area contributed by atoms with E-state index in [2.05, 4.69) is 15.6 Å². The molecule has 1 aliphatic carbocycles. The molecule has 3 atom stereocenters. The van der Waals surface area contributed by atoms with Crippen LogP contribution in [0.15, 0.2) is 42.1 Å². The Labute approximate surface area is 206 Å². The van der Waals surface area contributed by atoms with Gasteiger partial charge in [0.15, 0.2) is 0 Å². The third-order valence-corrected chi connectivity index (χ3v) is 6.45. The Balaban J connectivity index is 1.58. The van der Waals surface area contributed by atoms with E-state index in [1.165, 1.54) is 4.90 Å². The van der Waals surface area contributed by atoms with Gasteiger partial charge in [0.2, 0.25) is 5.91 Å². The van der Waals surface area contributed by atoms with Gasteiger partial charge in [-0.2, -0.15) is 13.2 Å². The van der Waals surface area contributed by atoms with E-state index in [1.54, 1.807) is 25.3 Å². The third-order valence-electron chi connectivity index (χ3n) is 6.45. The molecule has 2 N–H and O–H groups in total. The molecule has 2 aromatic rings. The van der Waals surface area contributed by atoms with Crippen LogP contribution in [0, 0.1) is 18.7 Å². The molecule has 1 aliphatic heterocycles. The number of rotatable bonds is 7. The Morgan fingerprint density at radius 3 is 2.58 bits per heavy atom. The summed E-state index contributed by atoms with van der Waals surface area (Å²) >= 11 is 0. The van der Waals surface area contributed by atoms with Crippen molar-refractivity contribution in [3.8, 4) is 0 Å². The Bertz CT molecular complexity index is 1210. The van der Waals surface area contributed by atoms with Crippen LogP contribution in [0.25, 0.3) is 0 Å². The van der Waals surface area contributed by atoms with Crippen LogP contribution in [-0.2, 0) is 11.0 Å². The predicted molar refractivity (Wildman–Crippen MR) is 127 cm³/mol. The average molecular weight is 505 g/mol. The highest BCUT2D eigenvalue weighted by Gasteiger charge is 2.41. The molecule has 2 aliphatic rings. The van der Waals surface area contributed by atoms with E-state index in [4.69, 9.17) is 0 Å². The minimum absolute atomic E-state index is 0.0387. The summed E-state index contributed by atoms with van der Waals surface area (Å²) in [6, 6.07) is 2.29. The number of alkyl halides is 3. The molecule has 0 saturated carbocycles. The minimum atomic E-state index is -4.67. The summed E-state index contributed by atoms with van der Waals surface area (Å²) in [5, 5.41) is 5.92. The topological polar surface area (TPSA) is 74.3 Å². The van der Waals surface area contributed by atoms with Crippen molar-refractivity contribution in [1.82, 2.24) is 15.2 Å². The van der Waals surface area contributed by atoms with Crippen LogP contribution in [-0.4, -0.2) is 40.8 Å². The second-order valence-electron chi connectivity index (χ2n) is 9.37. The van der Waals surface area contributed by atoms with Gasteiger partial charge in [0.25, 0.3) is 5.91 Å². The number of carbonyl (C=O) groups is 2. The number of aromatic nitrogens is 1. The Morgan fingerprint density at radius 2 is 1.97 bits per heavy atom. The second-order valence-corrected chi connectivity index (χ2v) is 9.37. The molecule has 0 bridgehead atoms. The zero-order chi connectivity index (χ0) is 26.2. The Hall–Kier alpha value is -3.43. The van der Waals surface area contributed by atoms with Crippen molar-refractivity contribution in [3.63, 3.8) is 0 Å². The summed E-state index contributed by atoms with van der Waals surface area (Å²) in [5.41, 5.74) is 1.22. The van der Waals surface area contributed by atoms with Gasteiger partial charge in [-0.3, -0.25) is 14.6 Å². The first-order valence-electron chi connectivity index (χ1n) is 11.9. The summed E-state index contributed by atoms with van der Waals surface area (Å²) in [4.78, 5) is 32.7. The molecule has 2 amide bonds. The van der Waals surface area contributed by atoms with Gasteiger partial charge in [-0.1, -0.05) is 19.1 Å². The van der Waals surface area contributed by atoms with Gasteiger partial charge in [-0.15, -0.1) is 0 Å². The van der Waals surface area contributed by atoms with Gasteiger partial charge in [0, 0.05) is 24.3 Å². The van der Waals surface area contributed by atoms with Gasteiger partial charge < -0.3 is 15.5 Å². The van der Waals surface area contributed by atoms with Crippen LogP contribution in [0.1, 0.15) is 59.9 Å². The van der Waals surface area contributed by atoms with E-state index in [1.807, 2.05) is 13.8 Å². The molecule has 1 aromatic heterocycles. The molecule has 6 nitrogen and oxygen atoms in total. The predicted octanol–water partition coefficient (Wildman–Crippen LogP) is 5.02. The molecular formula is C26H28F4N4O2. The van der Waals surface area contributed by atoms with Gasteiger partial charge in [0.05, 0.1) is 29.1 Å². The zero-order valence-corrected chi connectivity index (χ0v) is 20.2. The number of aryl methyl sites for hydroxylation is 1. The summed E-state index contributed by atoms with van der Waals surface area (Å²) in [7, 11) is 0. The zero-order valence-electron chi connectivity index (χ0n) is 20.2. The molecule has 36 heavy (non-hydrogen) atoms. The smallest absolute Gasteiger partial charge is 0.383 e. The first kappa shape index (κ1) is 25.7. The van der Waals surface area contributed by atoms with Crippen LogP contribution in [0.5, 0.6) is 0 Å². The number of nitrogens with one attached hydrogen (secondary N) is 2.